The van der Waals surface area contributed by atoms with Gasteiger partial charge in [-0.1, -0.05) is 36.4 Å². The fraction of sp³-hybridized carbons (Fsp3) is 0.0667. The summed E-state index contributed by atoms with van der Waals surface area (Å²) in [5.41, 5.74) is -0.913. The Morgan fingerprint density at radius 3 is 0.968 bits per heavy atom. The lowest BCUT2D eigenvalue weighted by molar-refractivity contribution is -0.138. The fourth-order valence-electron chi connectivity index (χ4n) is 5.89. The predicted octanol–water partition coefficient (Wildman–Crippen LogP) is 11.3. The molecule has 3 aromatic heterocycles. The highest BCUT2D eigenvalue weighted by atomic mass is 19.4. The number of alkyl halides is 9. The van der Waals surface area contributed by atoms with Crippen LogP contribution < -0.4 is 0 Å². The smallest absolute Gasteiger partial charge is 0.416 e. The lowest BCUT2D eigenvalue weighted by Gasteiger charge is -2.12. The van der Waals surface area contributed by atoms with Gasteiger partial charge in [0.15, 0.2) is 0 Å². The van der Waals surface area contributed by atoms with Gasteiger partial charge in [-0.05, 0) is 108 Å². The van der Waals surface area contributed by atoms with Crippen LogP contribution in [-0.4, -0.2) is 34.4 Å². The van der Waals surface area contributed by atoms with Crippen LogP contribution in [0.1, 0.15) is 50.1 Å². The van der Waals surface area contributed by atoms with Crippen LogP contribution >= 0.6 is 0 Å². The first-order valence-electron chi connectivity index (χ1n) is 17.9. The Labute approximate surface area is 350 Å². The van der Waals surface area contributed by atoms with Crippen molar-refractivity contribution in [3.63, 3.8) is 0 Å². The normalized spacial score (nSPS) is 12.7. The van der Waals surface area contributed by atoms with E-state index in [4.69, 9.17) is 19.2 Å². The number of hydrogen-bond donors (Lipinski definition) is 0. The first-order valence-corrected chi connectivity index (χ1v) is 17.9. The number of aromatic nitrogens is 3. The lowest BCUT2D eigenvalue weighted by atomic mass is 10.0. The Balaban J connectivity index is 1.47. The molecule has 0 atom stereocenters. The zero-order valence-electron chi connectivity index (χ0n) is 31.7. The molecule has 0 saturated heterocycles. The average Bonchev–Trinajstić information content (AvgIpc) is 3.25. The molecule has 6 rings (SSSR count). The molecule has 63 heavy (non-hydrogen) atoms. The van der Waals surface area contributed by atoms with Crippen molar-refractivity contribution in [2.24, 2.45) is 0 Å². The van der Waals surface area contributed by atoms with Crippen LogP contribution in [0.2, 0.25) is 0 Å². The van der Waals surface area contributed by atoms with Gasteiger partial charge < -0.3 is 14.2 Å². The van der Waals surface area contributed by atoms with Crippen LogP contribution in [0.15, 0.2) is 122 Å². The number of halogens is 9. The van der Waals surface area contributed by atoms with E-state index in [2.05, 4.69) is 9.97 Å². The summed E-state index contributed by atoms with van der Waals surface area (Å²) in [5, 5.41) is 0. The number of carbonyl (C=O) groups is 3. The summed E-state index contributed by atoms with van der Waals surface area (Å²) in [5.74, 6) is -0.399. The molecule has 0 saturated carbocycles. The fourth-order valence-corrected chi connectivity index (χ4v) is 5.89. The van der Waals surface area contributed by atoms with Crippen LogP contribution in [0.4, 0.5) is 39.5 Å². The maximum Gasteiger partial charge on any atom is 0.416 e. The molecule has 0 aliphatic heterocycles. The SMILES string of the molecule is O=CO/C(=C/c1ccnc(-c2cc(/C=C(/OC=O)c3ccc(C(F)(F)F)cc3)cc(-c3cc(/C=C(/OC=O)c4ccc(C(F)(F)F)cc4)ccn3)n2)c1)c1ccc(C(F)(F)F)cc1. The first-order chi connectivity index (χ1) is 29.9. The van der Waals surface area contributed by atoms with Crippen LogP contribution in [-0.2, 0) is 47.1 Å². The van der Waals surface area contributed by atoms with E-state index in [0.29, 0.717) is 11.1 Å². The van der Waals surface area contributed by atoms with Crippen LogP contribution in [0.5, 0.6) is 0 Å². The van der Waals surface area contributed by atoms with Crippen molar-refractivity contribution in [1.29, 1.82) is 0 Å². The van der Waals surface area contributed by atoms with E-state index in [-0.39, 0.29) is 81.7 Å². The van der Waals surface area contributed by atoms with Gasteiger partial charge in [-0.25, -0.2) is 4.98 Å². The van der Waals surface area contributed by atoms with E-state index < -0.39 is 35.2 Å². The molecule has 18 heteroatoms. The highest BCUT2D eigenvalue weighted by molar-refractivity contribution is 5.85. The molecule has 0 aliphatic rings. The maximum absolute atomic E-state index is 13.3. The predicted molar refractivity (Wildman–Crippen MR) is 210 cm³/mol. The second kappa shape index (κ2) is 18.8. The molecule has 320 valence electrons. The van der Waals surface area contributed by atoms with Crippen LogP contribution in [0.25, 0.3) is 58.3 Å². The summed E-state index contributed by atoms with van der Waals surface area (Å²) in [6.45, 7) is 0.268. The Morgan fingerprint density at radius 2 is 0.683 bits per heavy atom. The molecule has 3 heterocycles. The Kier molecular flexibility index (Phi) is 13.3. The number of hydrogen-bond acceptors (Lipinski definition) is 9. The van der Waals surface area contributed by atoms with Crippen molar-refractivity contribution in [3.8, 4) is 22.8 Å². The average molecular weight is 876 g/mol. The standard InChI is InChI=1S/C45H26F9N3O6/c46-43(47,48)33-7-1-30(2-8-33)40(61-24-58)21-27-13-15-55-36(17-27)38-19-29(23-42(63-26-60)32-5-11-35(12-6-32)45(52,53)54)20-39(57-38)37-18-28(14-16-56-37)22-41(62-25-59)31-3-9-34(10-4-31)44(49,50)51/h1-26H/b40-21+,41-22+,42-23+. The molecule has 0 N–H and O–H groups in total. The molecule has 0 bridgehead atoms. The second-order valence-corrected chi connectivity index (χ2v) is 13.0. The number of rotatable bonds is 14. The van der Waals surface area contributed by atoms with Crippen LogP contribution in [0.3, 0.4) is 0 Å². The van der Waals surface area contributed by atoms with E-state index in [0.717, 1.165) is 72.8 Å². The lowest BCUT2D eigenvalue weighted by Crippen LogP contribution is -2.04. The Morgan fingerprint density at radius 1 is 0.397 bits per heavy atom. The molecular formula is C45H26F9N3O6. The Bertz CT molecular complexity index is 2570. The van der Waals surface area contributed by atoms with Crippen LogP contribution in [0, 0.1) is 0 Å². The van der Waals surface area contributed by atoms with Gasteiger partial charge in [0.1, 0.15) is 17.3 Å². The third kappa shape index (κ3) is 11.5. The van der Waals surface area contributed by atoms with Gasteiger partial charge in [-0.2, -0.15) is 39.5 Å². The van der Waals surface area contributed by atoms with Crippen molar-refractivity contribution in [1.82, 2.24) is 15.0 Å². The van der Waals surface area contributed by atoms with E-state index >= 15 is 0 Å². The van der Waals surface area contributed by atoms with Gasteiger partial charge in [0.25, 0.3) is 19.4 Å². The van der Waals surface area contributed by atoms with E-state index in [1.807, 2.05) is 0 Å². The number of carbonyl (C=O) groups excluding carboxylic acids is 3. The Hall–Kier alpha value is -7.89. The first kappa shape index (κ1) is 44.7. The molecule has 0 amide bonds. The van der Waals surface area contributed by atoms with E-state index in [9.17, 15) is 53.9 Å². The van der Waals surface area contributed by atoms with Gasteiger partial charge in [-0.3, -0.25) is 24.4 Å². The maximum atomic E-state index is 13.3. The number of benzene rings is 3. The highest BCUT2D eigenvalue weighted by Crippen LogP contribution is 2.34. The third-order valence-electron chi connectivity index (χ3n) is 8.85. The van der Waals surface area contributed by atoms with Gasteiger partial charge in [0.05, 0.1) is 39.5 Å². The largest absolute Gasteiger partial charge is 0.428 e. The van der Waals surface area contributed by atoms with Crippen molar-refractivity contribution >= 4 is 54.9 Å². The minimum atomic E-state index is -4.65. The molecular weight excluding hydrogens is 849 g/mol. The van der Waals surface area contributed by atoms with Gasteiger partial charge in [0, 0.05) is 29.1 Å². The summed E-state index contributed by atoms with van der Waals surface area (Å²) >= 11 is 0. The molecule has 3 aromatic carbocycles. The molecule has 9 nitrogen and oxygen atoms in total. The van der Waals surface area contributed by atoms with E-state index in [1.54, 1.807) is 0 Å². The summed E-state index contributed by atoms with van der Waals surface area (Å²) in [6.07, 6.45) is -7.10. The summed E-state index contributed by atoms with van der Waals surface area (Å²) < 4.78 is 135. The molecule has 0 spiro atoms. The van der Waals surface area contributed by atoms with Crippen molar-refractivity contribution in [2.75, 3.05) is 0 Å². The minimum absolute atomic E-state index is 0.0759. The molecule has 0 unspecified atom stereocenters. The molecule has 0 fully saturated rings. The number of pyridine rings is 3. The van der Waals surface area contributed by atoms with Crippen molar-refractivity contribution in [2.45, 2.75) is 18.5 Å². The topological polar surface area (TPSA) is 118 Å². The summed E-state index contributed by atoms with van der Waals surface area (Å²) in [7, 11) is 0. The number of nitrogens with zero attached hydrogens (tertiary/aromatic N) is 3. The van der Waals surface area contributed by atoms with Crippen molar-refractivity contribution in [3.05, 3.63) is 172 Å². The van der Waals surface area contributed by atoms with E-state index in [1.165, 1.54) is 67.0 Å². The molecule has 6 aromatic rings. The van der Waals surface area contributed by atoms with Gasteiger partial charge in [0.2, 0.25) is 0 Å². The monoisotopic (exact) mass is 875 g/mol. The van der Waals surface area contributed by atoms with Gasteiger partial charge in [-0.15, -0.1) is 0 Å². The highest BCUT2D eigenvalue weighted by Gasteiger charge is 2.32. The zero-order chi connectivity index (χ0) is 45.4. The van der Waals surface area contributed by atoms with Gasteiger partial charge >= 0.3 is 18.5 Å². The summed E-state index contributed by atoms with van der Waals surface area (Å²) in [4.78, 5) is 47.9. The zero-order valence-corrected chi connectivity index (χ0v) is 31.7. The van der Waals surface area contributed by atoms with Crippen molar-refractivity contribution < 1.29 is 68.1 Å². The third-order valence-corrected chi connectivity index (χ3v) is 8.85. The minimum Gasteiger partial charge on any atom is -0.428 e. The molecule has 0 aliphatic carbocycles. The summed E-state index contributed by atoms with van der Waals surface area (Å²) in [6, 6.07) is 20.5. The second-order valence-electron chi connectivity index (χ2n) is 13.0. The quantitative estimate of drug-likeness (QED) is 0.0456. The number of ether oxygens (including phenoxy) is 3. The molecule has 0 radical (unpaired) electrons.